The second-order valence-electron chi connectivity index (χ2n) is 7.41. The molecule has 0 spiro atoms. The number of aliphatic hydroxyl groups is 1. The number of hydrogen-bond acceptors (Lipinski definition) is 8. The van der Waals surface area contributed by atoms with Crippen LogP contribution in [0.15, 0.2) is 77.0 Å². The fraction of sp³-hybridized carbons (Fsp3) is 0.120. The van der Waals surface area contributed by atoms with Gasteiger partial charge in [-0.1, -0.05) is 35.9 Å². The summed E-state index contributed by atoms with van der Waals surface area (Å²) in [6.45, 7) is 0. The number of anilines is 2. The number of benzene rings is 4. The zero-order valence-corrected chi connectivity index (χ0v) is 19.2. The third-order valence-corrected chi connectivity index (χ3v) is 5.54. The SMILES string of the molecule is COc1cc(OC)c(C(O)Nc2cc3ccccc3c(N=Nc3ccc(N)cc3)c2O)cc1Cl. The highest BCUT2D eigenvalue weighted by molar-refractivity contribution is 6.32. The maximum atomic E-state index is 11.0. The first-order chi connectivity index (χ1) is 16.4. The van der Waals surface area contributed by atoms with E-state index in [2.05, 4.69) is 15.5 Å². The lowest BCUT2D eigenvalue weighted by molar-refractivity contribution is 0.202. The van der Waals surface area contributed by atoms with E-state index in [0.29, 0.717) is 38.8 Å². The standard InChI is InChI=1S/C25H23ClN4O4/c1-33-21-13-22(34-2)19(26)12-18(21)25(32)28-20-11-14-5-3-4-6-17(14)23(24(20)31)30-29-16-9-7-15(27)8-10-16/h3-13,25,28,31-32H,27H2,1-2H3. The fourth-order valence-corrected chi connectivity index (χ4v) is 3.75. The minimum absolute atomic E-state index is 0.171. The normalized spacial score (nSPS) is 12.1. The molecule has 0 amide bonds. The number of aromatic hydroxyl groups is 1. The summed E-state index contributed by atoms with van der Waals surface area (Å²) >= 11 is 6.25. The topological polar surface area (TPSA) is 122 Å². The van der Waals surface area contributed by atoms with Gasteiger partial charge < -0.3 is 30.7 Å². The van der Waals surface area contributed by atoms with Gasteiger partial charge >= 0.3 is 0 Å². The Bertz CT molecular complexity index is 1360. The van der Waals surface area contributed by atoms with E-state index in [1.807, 2.05) is 24.3 Å². The van der Waals surface area contributed by atoms with Crippen LogP contribution < -0.4 is 20.5 Å². The molecule has 4 aromatic rings. The van der Waals surface area contributed by atoms with Crippen molar-refractivity contribution in [2.45, 2.75) is 6.23 Å². The number of hydrogen-bond donors (Lipinski definition) is 4. The molecule has 0 heterocycles. The second-order valence-corrected chi connectivity index (χ2v) is 7.82. The summed E-state index contributed by atoms with van der Waals surface area (Å²) in [6, 6.07) is 19.1. The van der Waals surface area contributed by atoms with E-state index in [9.17, 15) is 10.2 Å². The number of fused-ring (bicyclic) bond motifs is 1. The van der Waals surface area contributed by atoms with Crippen LogP contribution in [-0.2, 0) is 0 Å². The molecule has 0 saturated carbocycles. The van der Waals surface area contributed by atoms with Crippen LogP contribution in [-0.4, -0.2) is 24.4 Å². The van der Waals surface area contributed by atoms with Crippen molar-refractivity contribution in [3.8, 4) is 17.2 Å². The Balaban J connectivity index is 1.74. The molecule has 0 fully saturated rings. The van der Waals surface area contributed by atoms with Crippen molar-refractivity contribution in [1.29, 1.82) is 0 Å². The van der Waals surface area contributed by atoms with Crippen molar-refractivity contribution < 1.29 is 19.7 Å². The molecular formula is C25H23ClN4O4. The fourth-order valence-electron chi connectivity index (χ4n) is 3.50. The first-order valence-electron chi connectivity index (χ1n) is 10.3. The van der Waals surface area contributed by atoms with Gasteiger partial charge in [-0.2, -0.15) is 5.11 Å². The van der Waals surface area contributed by atoms with Gasteiger partial charge in [0.1, 0.15) is 17.2 Å². The summed E-state index contributed by atoms with van der Waals surface area (Å²) in [5.74, 6) is 0.605. The minimum Gasteiger partial charge on any atom is -0.504 e. The number of nitrogens with zero attached hydrogens (tertiary/aromatic N) is 2. The quantitative estimate of drug-likeness (QED) is 0.107. The number of nitrogens with one attached hydrogen (secondary N) is 1. The van der Waals surface area contributed by atoms with Crippen LogP contribution in [0.1, 0.15) is 11.8 Å². The number of azo groups is 1. The van der Waals surface area contributed by atoms with Gasteiger partial charge in [0.2, 0.25) is 0 Å². The van der Waals surface area contributed by atoms with Crippen LogP contribution in [0.25, 0.3) is 10.8 Å². The highest BCUT2D eigenvalue weighted by Gasteiger charge is 2.20. The molecule has 8 nitrogen and oxygen atoms in total. The molecule has 0 radical (unpaired) electrons. The lowest BCUT2D eigenvalue weighted by Crippen LogP contribution is -2.11. The summed E-state index contributed by atoms with van der Waals surface area (Å²) < 4.78 is 10.6. The van der Waals surface area contributed by atoms with E-state index in [4.69, 9.17) is 26.8 Å². The van der Waals surface area contributed by atoms with E-state index < -0.39 is 6.23 Å². The van der Waals surface area contributed by atoms with Crippen LogP contribution in [0.4, 0.5) is 22.7 Å². The Morgan fingerprint density at radius 2 is 1.65 bits per heavy atom. The second kappa shape index (κ2) is 9.86. The molecule has 4 aromatic carbocycles. The van der Waals surface area contributed by atoms with Gasteiger partial charge in [-0.15, -0.1) is 5.11 Å². The predicted molar refractivity (Wildman–Crippen MR) is 134 cm³/mol. The molecule has 9 heteroatoms. The van der Waals surface area contributed by atoms with E-state index in [1.54, 1.807) is 36.4 Å². The summed E-state index contributed by atoms with van der Waals surface area (Å²) in [5, 5.41) is 35.2. The third-order valence-electron chi connectivity index (χ3n) is 5.24. The van der Waals surface area contributed by atoms with Crippen molar-refractivity contribution in [2.24, 2.45) is 10.2 Å². The van der Waals surface area contributed by atoms with Gasteiger partial charge in [0.05, 0.1) is 30.6 Å². The lowest BCUT2D eigenvalue weighted by Gasteiger charge is -2.20. The first kappa shape index (κ1) is 23.2. The first-order valence-corrected chi connectivity index (χ1v) is 10.7. The van der Waals surface area contributed by atoms with Gasteiger partial charge in [0.15, 0.2) is 12.0 Å². The maximum Gasteiger partial charge on any atom is 0.167 e. The molecule has 0 saturated heterocycles. The maximum absolute atomic E-state index is 11.0. The Kier molecular flexibility index (Phi) is 6.72. The molecule has 5 N–H and O–H groups in total. The number of rotatable bonds is 7. The minimum atomic E-state index is -1.26. The molecule has 4 rings (SSSR count). The van der Waals surface area contributed by atoms with Crippen molar-refractivity contribution in [3.05, 3.63) is 77.3 Å². The Labute approximate surface area is 201 Å². The van der Waals surface area contributed by atoms with E-state index in [-0.39, 0.29) is 17.1 Å². The van der Waals surface area contributed by atoms with Gasteiger partial charge in [0, 0.05) is 22.7 Å². The Morgan fingerprint density at radius 1 is 0.941 bits per heavy atom. The molecule has 0 aliphatic carbocycles. The van der Waals surface area contributed by atoms with Crippen LogP contribution in [0, 0.1) is 0 Å². The van der Waals surface area contributed by atoms with Gasteiger partial charge in [-0.3, -0.25) is 0 Å². The van der Waals surface area contributed by atoms with Crippen molar-refractivity contribution in [1.82, 2.24) is 0 Å². The number of methoxy groups -OCH3 is 2. The van der Waals surface area contributed by atoms with Crippen LogP contribution in [0.5, 0.6) is 17.2 Å². The molecular weight excluding hydrogens is 456 g/mol. The van der Waals surface area contributed by atoms with Crippen LogP contribution in [0.2, 0.25) is 5.02 Å². The number of aliphatic hydroxyl groups excluding tert-OH is 1. The van der Waals surface area contributed by atoms with E-state index in [1.165, 1.54) is 20.3 Å². The highest BCUT2D eigenvalue weighted by Crippen LogP contribution is 2.44. The molecule has 34 heavy (non-hydrogen) atoms. The summed E-state index contributed by atoms with van der Waals surface area (Å²) in [7, 11) is 2.96. The van der Waals surface area contributed by atoms with E-state index >= 15 is 0 Å². The third kappa shape index (κ3) is 4.68. The predicted octanol–water partition coefficient (Wildman–Crippen LogP) is 6.32. The molecule has 0 aliphatic heterocycles. The average Bonchev–Trinajstić information content (AvgIpc) is 2.85. The zero-order chi connectivity index (χ0) is 24.2. The Hall–Kier alpha value is -4.01. The molecule has 1 unspecified atom stereocenters. The summed E-state index contributed by atoms with van der Waals surface area (Å²) in [5.41, 5.74) is 7.79. The molecule has 0 bridgehead atoms. The number of nitrogen functional groups attached to an aromatic ring is 1. The number of ether oxygens (including phenoxy) is 2. The van der Waals surface area contributed by atoms with Crippen molar-refractivity contribution in [3.63, 3.8) is 0 Å². The van der Waals surface area contributed by atoms with Gasteiger partial charge in [-0.25, -0.2) is 0 Å². The molecule has 0 aromatic heterocycles. The van der Waals surface area contributed by atoms with Crippen molar-refractivity contribution >= 4 is 45.1 Å². The summed E-state index contributed by atoms with van der Waals surface area (Å²) in [4.78, 5) is 0. The number of halogens is 1. The zero-order valence-electron chi connectivity index (χ0n) is 18.5. The molecule has 0 aliphatic rings. The summed E-state index contributed by atoms with van der Waals surface area (Å²) in [6.07, 6.45) is -1.26. The molecule has 1 atom stereocenters. The number of phenols is 1. The number of nitrogens with two attached hydrogens (primary N) is 1. The average molecular weight is 479 g/mol. The molecule has 174 valence electrons. The van der Waals surface area contributed by atoms with Crippen LogP contribution >= 0.6 is 11.6 Å². The number of phenolic OH excluding ortho intramolecular Hbond substituents is 1. The van der Waals surface area contributed by atoms with E-state index in [0.717, 1.165) is 5.39 Å². The van der Waals surface area contributed by atoms with Crippen molar-refractivity contribution in [2.75, 3.05) is 25.3 Å². The lowest BCUT2D eigenvalue weighted by atomic mass is 10.1. The monoisotopic (exact) mass is 478 g/mol. The largest absolute Gasteiger partial charge is 0.504 e. The van der Waals surface area contributed by atoms with Gasteiger partial charge in [0.25, 0.3) is 0 Å². The van der Waals surface area contributed by atoms with Gasteiger partial charge in [-0.05, 0) is 41.8 Å². The highest BCUT2D eigenvalue weighted by atomic mass is 35.5. The Morgan fingerprint density at radius 3 is 2.35 bits per heavy atom. The smallest absolute Gasteiger partial charge is 0.167 e. The van der Waals surface area contributed by atoms with Crippen LogP contribution in [0.3, 0.4) is 0 Å².